The van der Waals surface area contributed by atoms with Crippen molar-refractivity contribution in [1.82, 2.24) is 14.7 Å². The van der Waals surface area contributed by atoms with Crippen molar-refractivity contribution < 1.29 is 9.53 Å². The lowest BCUT2D eigenvalue weighted by atomic mass is 10.2. The first-order chi connectivity index (χ1) is 11.5. The van der Waals surface area contributed by atoms with E-state index in [1.807, 2.05) is 11.4 Å². The number of methoxy groups -OCH3 is 1. The maximum absolute atomic E-state index is 12.8. The van der Waals surface area contributed by atoms with Crippen molar-refractivity contribution in [3.8, 4) is 10.6 Å². The first-order valence-electron chi connectivity index (χ1n) is 7.06. The summed E-state index contributed by atoms with van der Waals surface area (Å²) in [6.45, 7) is 2.16. The molecular weight excluding hydrogens is 370 g/mol. The summed E-state index contributed by atoms with van der Waals surface area (Å²) in [5, 5.41) is 4.56. The molecule has 1 atom stereocenters. The molecule has 126 valence electrons. The highest BCUT2D eigenvalue weighted by molar-refractivity contribution is 7.20. The molecule has 3 aromatic rings. The minimum absolute atomic E-state index is 0.00208. The molecule has 3 heterocycles. The second kappa shape index (κ2) is 7.02. The summed E-state index contributed by atoms with van der Waals surface area (Å²) >= 11 is 8.69. The molecule has 24 heavy (non-hydrogen) atoms. The van der Waals surface area contributed by atoms with Crippen LogP contribution in [0.2, 0.25) is 4.34 Å². The molecule has 0 aliphatic heterocycles. The van der Waals surface area contributed by atoms with Crippen LogP contribution in [0.1, 0.15) is 17.3 Å². The van der Waals surface area contributed by atoms with Gasteiger partial charge in [-0.1, -0.05) is 11.6 Å². The largest absolute Gasteiger partial charge is 0.383 e. The van der Waals surface area contributed by atoms with E-state index in [2.05, 4.69) is 10.3 Å². The van der Waals surface area contributed by atoms with Crippen molar-refractivity contribution in [2.24, 2.45) is 0 Å². The molecule has 0 aromatic carbocycles. The number of nitrogens with zero attached hydrogens (tertiary/aromatic N) is 2. The van der Waals surface area contributed by atoms with Gasteiger partial charge in [0.1, 0.15) is 5.56 Å². The predicted molar refractivity (Wildman–Crippen MR) is 96.5 cm³/mol. The Bertz CT molecular complexity index is 947. The molecule has 0 bridgehead atoms. The van der Waals surface area contributed by atoms with Crippen LogP contribution in [-0.4, -0.2) is 35.1 Å². The standard InChI is InChI=1S/C15H14ClN3O3S2/c1-8(6-22-2)18-13(20)9-5-17-15-19(14(9)21)10(7-23-15)11-3-4-12(16)24-11/h3-5,7-8H,6H2,1-2H3,(H,18,20). The van der Waals surface area contributed by atoms with Gasteiger partial charge in [-0.3, -0.25) is 9.59 Å². The fraction of sp³-hybridized carbons (Fsp3) is 0.267. The van der Waals surface area contributed by atoms with Crippen molar-refractivity contribution in [3.05, 3.63) is 44.0 Å². The van der Waals surface area contributed by atoms with E-state index in [0.29, 0.717) is 21.6 Å². The third-order valence-corrected chi connectivity index (χ3v) is 5.40. The van der Waals surface area contributed by atoms with Crippen molar-refractivity contribution in [3.63, 3.8) is 0 Å². The number of thiazole rings is 1. The van der Waals surface area contributed by atoms with E-state index in [4.69, 9.17) is 16.3 Å². The molecule has 1 unspecified atom stereocenters. The first kappa shape index (κ1) is 17.1. The number of hydrogen-bond acceptors (Lipinski definition) is 6. The highest BCUT2D eigenvalue weighted by Crippen LogP contribution is 2.32. The smallest absolute Gasteiger partial charge is 0.271 e. The van der Waals surface area contributed by atoms with Crippen LogP contribution in [0.4, 0.5) is 0 Å². The number of fused-ring (bicyclic) bond motifs is 1. The third-order valence-electron chi connectivity index (χ3n) is 3.31. The summed E-state index contributed by atoms with van der Waals surface area (Å²) in [6, 6.07) is 3.40. The zero-order valence-electron chi connectivity index (χ0n) is 12.9. The van der Waals surface area contributed by atoms with Crippen LogP contribution in [0.3, 0.4) is 0 Å². The Morgan fingerprint density at radius 3 is 2.96 bits per heavy atom. The summed E-state index contributed by atoms with van der Waals surface area (Å²) in [5.41, 5.74) is 0.282. The number of ether oxygens (including phenoxy) is 1. The molecule has 0 fully saturated rings. The molecule has 9 heteroatoms. The summed E-state index contributed by atoms with van der Waals surface area (Å²) < 4.78 is 7.06. The topological polar surface area (TPSA) is 72.7 Å². The zero-order chi connectivity index (χ0) is 17.3. The summed E-state index contributed by atoms with van der Waals surface area (Å²) in [6.07, 6.45) is 1.31. The average Bonchev–Trinajstić information content (AvgIpc) is 3.14. The number of amides is 1. The van der Waals surface area contributed by atoms with Gasteiger partial charge in [-0.05, 0) is 19.1 Å². The van der Waals surface area contributed by atoms with E-state index in [0.717, 1.165) is 4.88 Å². The van der Waals surface area contributed by atoms with Crippen molar-refractivity contribution in [1.29, 1.82) is 0 Å². The van der Waals surface area contributed by atoms with Crippen LogP contribution in [0.25, 0.3) is 15.5 Å². The van der Waals surface area contributed by atoms with Crippen LogP contribution in [0, 0.1) is 0 Å². The van der Waals surface area contributed by atoms with Crippen molar-refractivity contribution >= 4 is 45.1 Å². The van der Waals surface area contributed by atoms with Crippen LogP contribution >= 0.6 is 34.3 Å². The lowest BCUT2D eigenvalue weighted by molar-refractivity contribution is 0.0903. The second-order valence-electron chi connectivity index (χ2n) is 5.15. The Balaban J connectivity index is 2.04. The Morgan fingerprint density at radius 2 is 2.29 bits per heavy atom. The number of halogens is 1. The molecule has 3 rings (SSSR count). The first-order valence-corrected chi connectivity index (χ1v) is 9.13. The normalized spacial score (nSPS) is 12.5. The van der Waals surface area contributed by atoms with Gasteiger partial charge in [0.15, 0.2) is 4.96 Å². The highest BCUT2D eigenvalue weighted by Gasteiger charge is 2.19. The zero-order valence-corrected chi connectivity index (χ0v) is 15.3. The van der Waals surface area contributed by atoms with Gasteiger partial charge < -0.3 is 10.1 Å². The number of thiophene rings is 1. The van der Waals surface area contributed by atoms with Crippen LogP contribution in [0.5, 0.6) is 0 Å². The van der Waals surface area contributed by atoms with Crippen LogP contribution in [0.15, 0.2) is 28.5 Å². The molecule has 0 aliphatic carbocycles. The fourth-order valence-electron chi connectivity index (χ4n) is 2.27. The Labute approximate surface area is 150 Å². The lowest BCUT2D eigenvalue weighted by Crippen LogP contribution is -2.39. The van der Waals surface area contributed by atoms with Gasteiger partial charge in [-0.25, -0.2) is 9.38 Å². The van der Waals surface area contributed by atoms with E-state index < -0.39 is 11.5 Å². The predicted octanol–water partition coefficient (Wildman–Crippen LogP) is 2.90. The van der Waals surface area contributed by atoms with E-state index in [1.54, 1.807) is 20.1 Å². The summed E-state index contributed by atoms with van der Waals surface area (Å²) in [7, 11) is 1.55. The maximum atomic E-state index is 12.8. The molecule has 0 saturated heterocycles. The van der Waals surface area contributed by atoms with E-state index in [1.165, 1.54) is 33.3 Å². The van der Waals surface area contributed by atoms with E-state index in [-0.39, 0.29) is 11.6 Å². The van der Waals surface area contributed by atoms with E-state index in [9.17, 15) is 9.59 Å². The van der Waals surface area contributed by atoms with Crippen LogP contribution in [-0.2, 0) is 4.74 Å². The number of hydrogen-bond donors (Lipinski definition) is 1. The minimum Gasteiger partial charge on any atom is -0.383 e. The van der Waals surface area contributed by atoms with Gasteiger partial charge in [0.25, 0.3) is 11.5 Å². The quantitative estimate of drug-likeness (QED) is 0.735. The number of carbonyl (C=O) groups is 1. The minimum atomic E-state index is -0.465. The lowest BCUT2D eigenvalue weighted by Gasteiger charge is -2.12. The Hall–Kier alpha value is -1.74. The molecule has 1 N–H and O–H groups in total. The van der Waals surface area contributed by atoms with Crippen molar-refractivity contribution in [2.75, 3.05) is 13.7 Å². The SMILES string of the molecule is COCC(C)NC(=O)c1cnc2scc(-c3ccc(Cl)s3)n2c1=O. The monoisotopic (exact) mass is 383 g/mol. The molecule has 0 aliphatic rings. The second-order valence-corrected chi connectivity index (χ2v) is 7.70. The summed E-state index contributed by atoms with van der Waals surface area (Å²) in [4.78, 5) is 30.7. The van der Waals surface area contributed by atoms with Gasteiger partial charge in [-0.15, -0.1) is 22.7 Å². The van der Waals surface area contributed by atoms with Gasteiger partial charge in [0, 0.05) is 24.7 Å². The Kier molecular flexibility index (Phi) is 5.00. The molecule has 1 amide bonds. The molecule has 3 aromatic heterocycles. The number of carbonyl (C=O) groups excluding carboxylic acids is 1. The Morgan fingerprint density at radius 1 is 1.50 bits per heavy atom. The van der Waals surface area contributed by atoms with E-state index >= 15 is 0 Å². The van der Waals surface area contributed by atoms with Gasteiger partial charge in [-0.2, -0.15) is 0 Å². The molecular formula is C15H14ClN3O3S2. The molecule has 0 radical (unpaired) electrons. The molecule has 0 spiro atoms. The molecule has 6 nitrogen and oxygen atoms in total. The van der Waals surface area contributed by atoms with Gasteiger partial charge >= 0.3 is 0 Å². The highest BCUT2D eigenvalue weighted by atomic mass is 35.5. The number of rotatable bonds is 5. The average molecular weight is 384 g/mol. The molecule has 0 saturated carbocycles. The van der Waals surface area contributed by atoms with Gasteiger partial charge in [0.2, 0.25) is 0 Å². The summed E-state index contributed by atoms with van der Waals surface area (Å²) in [5.74, 6) is -0.465. The fourth-order valence-corrected chi connectivity index (χ4v) is 4.24. The van der Waals surface area contributed by atoms with Crippen molar-refractivity contribution in [2.45, 2.75) is 13.0 Å². The third kappa shape index (κ3) is 3.23. The van der Waals surface area contributed by atoms with Gasteiger partial charge in [0.05, 0.1) is 21.5 Å². The maximum Gasteiger partial charge on any atom is 0.271 e. The van der Waals surface area contributed by atoms with Crippen LogP contribution < -0.4 is 10.9 Å². The number of aromatic nitrogens is 2. The number of nitrogens with one attached hydrogen (secondary N) is 1.